The maximum absolute atomic E-state index is 12.4. The van der Waals surface area contributed by atoms with Gasteiger partial charge in [0.1, 0.15) is 11.4 Å². The van der Waals surface area contributed by atoms with Crippen LogP contribution in [0.2, 0.25) is 0 Å². The van der Waals surface area contributed by atoms with Crippen LogP contribution in [-0.4, -0.2) is 46.7 Å². The predicted molar refractivity (Wildman–Crippen MR) is 102 cm³/mol. The summed E-state index contributed by atoms with van der Waals surface area (Å²) < 4.78 is 8.14. The number of anilines is 1. The van der Waals surface area contributed by atoms with Crippen LogP contribution in [0.15, 0.2) is 30.7 Å². The molecule has 0 aliphatic carbocycles. The van der Waals surface area contributed by atoms with E-state index in [9.17, 15) is 4.79 Å². The monoisotopic (exact) mass is 371 g/mol. The van der Waals surface area contributed by atoms with Gasteiger partial charge >= 0.3 is 0 Å². The number of fused-ring (bicyclic) bond motifs is 1. The van der Waals surface area contributed by atoms with E-state index in [1.807, 2.05) is 25.2 Å². The second-order valence-corrected chi connectivity index (χ2v) is 7.49. The molecule has 1 saturated heterocycles. The number of benzene rings is 1. The summed E-state index contributed by atoms with van der Waals surface area (Å²) in [4.78, 5) is 23.5. The van der Waals surface area contributed by atoms with Crippen molar-refractivity contribution in [2.24, 2.45) is 7.05 Å². The molecule has 8 heteroatoms. The third-order valence-electron chi connectivity index (χ3n) is 4.66. The van der Waals surface area contributed by atoms with E-state index < -0.39 is 0 Å². The number of thiazole rings is 1. The lowest BCUT2D eigenvalue weighted by Crippen LogP contribution is -2.48. The Labute approximate surface area is 155 Å². The summed E-state index contributed by atoms with van der Waals surface area (Å²) in [5, 5.41) is 4.12. The van der Waals surface area contributed by atoms with Crippen molar-refractivity contribution in [2.45, 2.75) is 18.9 Å². The molecule has 26 heavy (non-hydrogen) atoms. The predicted octanol–water partition coefficient (Wildman–Crippen LogP) is 2.44. The van der Waals surface area contributed by atoms with Gasteiger partial charge in [-0.25, -0.2) is 9.97 Å². The van der Waals surface area contributed by atoms with Crippen molar-refractivity contribution < 1.29 is 9.53 Å². The van der Waals surface area contributed by atoms with Crippen molar-refractivity contribution in [3.8, 4) is 5.75 Å². The Balaban J connectivity index is 1.48. The van der Waals surface area contributed by atoms with Gasteiger partial charge in [0.05, 0.1) is 29.9 Å². The van der Waals surface area contributed by atoms with Gasteiger partial charge in [0.25, 0.3) is 5.91 Å². The van der Waals surface area contributed by atoms with Crippen LogP contribution in [0.5, 0.6) is 5.75 Å². The molecule has 2 aromatic heterocycles. The van der Waals surface area contributed by atoms with Crippen molar-refractivity contribution in [1.29, 1.82) is 0 Å². The molecule has 0 saturated carbocycles. The second-order valence-electron chi connectivity index (χ2n) is 6.48. The summed E-state index contributed by atoms with van der Waals surface area (Å²) in [5.41, 5.74) is 1.56. The van der Waals surface area contributed by atoms with E-state index in [4.69, 9.17) is 9.72 Å². The van der Waals surface area contributed by atoms with Gasteiger partial charge in [0.15, 0.2) is 5.13 Å². The number of ether oxygens (including phenoxy) is 1. The topological polar surface area (TPSA) is 72.3 Å². The molecule has 0 spiro atoms. The number of amides is 1. The van der Waals surface area contributed by atoms with Crippen LogP contribution < -0.4 is 15.0 Å². The SMILES string of the molecule is COc1ccc2nc(N3CCCC(NC(=O)c4cncn4C)C3)sc2c1. The minimum absolute atomic E-state index is 0.0779. The van der Waals surface area contributed by atoms with Gasteiger partial charge in [0, 0.05) is 26.2 Å². The highest BCUT2D eigenvalue weighted by atomic mass is 32.1. The molecule has 1 aliphatic rings. The zero-order valence-corrected chi connectivity index (χ0v) is 15.6. The minimum Gasteiger partial charge on any atom is -0.497 e. The number of carbonyl (C=O) groups excluding carboxylic acids is 1. The van der Waals surface area contributed by atoms with Crippen molar-refractivity contribution in [2.75, 3.05) is 25.1 Å². The Morgan fingerprint density at radius 3 is 3.08 bits per heavy atom. The second kappa shape index (κ2) is 6.95. The van der Waals surface area contributed by atoms with E-state index in [0.29, 0.717) is 5.69 Å². The van der Waals surface area contributed by atoms with Gasteiger partial charge in [-0.1, -0.05) is 11.3 Å². The maximum Gasteiger partial charge on any atom is 0.269 e. The smallest absolute Gasteiger partial charge is 0.269 e. The quantitative estimate of drug-likeness (QED) is 0.763. The van der Waals surface area contributed by atoms with Crippen LogP contribution in [-0.2, 0) is 7.05 Å². The van der Waals surface area contributed by atoms with E-state index in [-0.39, 0.29) is 11.9 Å². The number of aromatic nitrogens is 3. The number of aryl methyl sites for hydroxylation is 1. The summed E-state index contributed by atoms with van der Waals surface area (Å²) in [6.07, 6.45) is 5.22. The molecule has 3 aromatic rings. The molecule has 1 atom stereocenters. The normalized spacial score (nSPS) is 17.5. The highest BCUT2D eigenvalue weighted by molar-refractivity contribution is 7.22. The van der Waals surface area contributed by atoms with E-state index in [2.05, 4.69) is 15.2 Å². The third kappa shape index (κ3) is 3.24. The molecular weight excluding hydrogens is 350 g/mol. The number of rotatable bonds is 4. The van der Waals surface area contributed by atoms with Crippen LogP contribution in [0.1, 0.15) is 23.3 Å². The van der Waals surface area contributed by atoms with Crippen LogP contribution in [0.4, 0.5) is 5.13 Å². The highest BCUT2D eigenvalue weighted by Gasteiger charge is 2.24. The average molecular weight is 371 g/mol. The van der Waals surface area contributed by atoms with E-state index >= 15 is 0 Å². The number of hydrogen-bond acceptors (Lipinski definition) is 6. The first-order chi connectivity index (χ1) is 12.6. The number of imidazole rings is 1. The minimum atomic E-state index is -0.0779. The summed E-state index contributed by atoms with van der Waals surface area (Å²) >= 11 is 1.66. The molecule has 4 rings (SSSR count). The van der Waals surface area contributed by atoms with Gasteiger partial charge in [-0.3, -0.25) is 4.79 Å². The summed E-state index contributed by atoms with van der Waals surface area (Å²) in [6.45, 7) is 1.72. The fraction of sp³-hybridized carbons (Fsp3) is 0.389. The first kappa shape index (κ1) is 16.8. The van der Waals surface area contributed by atoms with Crippen LogP contribution in [0, 0.1) is 0 Å². The Hall–Kier alpha value is -2.61. The molecule has 3 heterocycles. The summed E-state index contributed by atoms with van der Waals surface area (Å²) in [7, 11) is 3.49. The van der Waals surface area contributed by atoms with Crippen molar-refractivity contribution in [3.63, 3.8) is 0 Å². The lowest BCUT2D eigenvalue weighted by molar-refractivity contribution is 0.0925. The number of nitrogens with zero attached hydrogens (tertiary/aromatic N) is 4. The standard InChI is InChI=1S/C18H21N5O2S/c1-22-11-19-9-15(22)17(24)20-12-4-3-7-23(10-12)18-21-14-6-5-13(25-2)8-16(14)26-18/h5-6,8-9,11-12H,3-4,7,10H2,1-2H3,(H,20,24). The fourth-order valence-corrected chi connectivity index (χ4v) is 4.29. The Morgan fingerprint density at radius 1 is 1.42 bits per heavy atom. The number of methoxy groups -OCH3 is 1. The van der Waals surface area contributed by atoms with Crippen molar-refractivity contribution >= 4 is 32.6 Å². The first-order valence-corrected chi connectivity index (χ1v) is 9.42. The molecular formula is C18H21N5O2S. The molecule has 7 nitrogen and oxygen atoms in total. The Kier molecular flexibility index (Phi) is 4.50. The van der Waals surface area contributed by atoms with Crippen molar-refractivity contribution in [3.05, 3.63) is 36.4 Å². The van der Waals surface area contributed by atoms with Gasteiger partial charge in [-0.2, -0.15) is 0 Å². The number of hydrogen-bond donors (Lipinski definition) is 1. The lowest BCUT2D eigenvalue weighted by Gasteiger charge is -2.32. The maximum atomic E-state index is 12.4. The molecule has 1 amide bonds. The summed E-state index contributed by atoms with van der Waals surface area (Å²) in [5.74, 6) is 0.763. The van der Waals surface area contributed by atoms with E-state index in [1.54, 1.807) is 35.5 Å². The van der Waals surface area contributed by atoms with E-state index in [0.717, 1.165) is 47.0 Å². The third-order valence-corrected chi connectivity index (χ3v) is 5.74. The zero-order valence-electron chi connectivity index (χ0n) is 14.8. The zero-order chi connectivity index (χ0) is 18.1. The van der Waals surface area contributed by atoms with Gasteiger partial charge in [-0.15, -0.1) is 0 Å². The van der Waals surface area contributed by atoms with Gasteiger partial charge in [0.2, 0.25) is 0 Å². The number of piperidine rings is 1. The molecule has 1 N–H and O–H groups in total. The molecule has 1 aliphatic heterocycles. The number of carbonyl (C=O) groups is 1. The lowest BCUT2D eigenvalue weighted by atomic mass is 10.1. The van der Waals surface area contributed by atoms with Crippen LogP contribution >= 0.6 is 11.3 Å². The van der Waals surface area contributed by atoms with Crippen LogP contribution in [0.3, 0.4) is 0 Å². The van der Waals surface area contributed by atoms with E-state index in [1.165, 1.54) is 0 Å². The molecule has 1 unspecified atom stereocenters. The Morgan fingerprint density at radius 2 is 2.31 bits per heavy atom. The molecule has 136 valence electrons. The van der Waals surface area contributed by atoms with Crippen molar-refractivity contribution in [1.82, 2.24) is 19.9 Å². The molecule has 0 bridgehead atoms. The highest BCUT2D eigenvalue weighted by Crippen LogP contribution is 2.32. The fourth-order valence-electron chi connectivity index (χ4n) is 3.26. The number of nitrogens with one attached hydrogen (secondary N) is 1. The first-order valence-electron chi connectivity index (χ1n) is 8.61. The summed E-state index contributed by atoms with van der Waals surface area (Å²) in [6, 6.07) is 6.04. The average Bonchev–Trinajstić information content (AvgIpc) is 3.27. The van der Waals surface area contributed by atoms with Crippen LogP contribution in [0.25, 0.3) is 10.2 Å². The largest absolute Gasteiger partial charge is 0.497 e. The molecule has 1 fully saturated rings. The van der Waals surface area contributed by atoms with Gasteiger partial charge < -0.3 is 19.5 Å². The van der Waals surface area contributed by atoms with Gasteiger partial charge in [-0.05, 0) is 31.0 Å². The molecule has 1 aromatic carbocycles. The Bertz CT molecular complexity index is 935. The molecule has 0 radical (unpaired) electrons.